The average molecular weight is 397 g/mol. The predicted molar refractivity (Wildman–Crippen MR) is 97.4 cm³/mol. The van der Waals surface area contributed by atoms with Crippen LogP contribution in [-0.4, -0.2) is 32.1 Å². The Morgan fingerprint density at radius 2 is 1.86 bits per heavy atom. The van der Waals surface area contributed by atoms with Crippen LogP contribution < -0.4 is 5.32 Å². The van der Waals surface area contributed by atoms with Gasteiger partial charge in [-0.05, 0) is 53.7 Å². The van der Waals surface area contributed by atoms with Crippen molar-refractivity contribution in [1.29, 1.82) is 0 Å². The lowest BCUT2D eigenvalue weighted by Crippen LogP contribution is -2.40. The molecular formula is C18H22F3N5O2. The molecule has 7 nitrogen and oxygen atoms in total. The molecule has 0 spiro atoms. The molecule has 1 amide bonds. The molecule has 0 fully saturated rings. The normalized spacial score (nSPS) is 12.8. The Balaban J connectivity index is 2.30. The van der Waals surface area contributed by atoms with E-state index in [9.17, 15) is 18.0 Å². The Labute approximate surface area is 160 Å². The van der Waals surface area contributed by atoms with Crippen molar-refractivity contribution in [2.75, 3.05) is 0 Å². The van der Waals surface area contributed by atoms with Gasteiger partial charge >= 0.3 is 12.3 Å². The third-order valence-corrected chi connectivity index (χ3v) is 3.63. The Morgan fingerprint density at radius 3 is 2.43 bits per heavy atom. The quantitative estimate of drug-likeness (QED) is 0.479. The van der Waals surface area contributed by atoms with E-state index in [2.05, 4.69) is 20.6 Å². The molecule has 2 heterocycles. The monoisotopic (exact) mass is 397 g/mol. The number of carbonyl (C=O) groups excluding carboxylic acids is 1. The second-order valence-electron chi connectivity index (χ2n) is 7.34. The first-order chi connectivity index (χ1) is 12.8. The molecule has 0 aromatic carbocycles. The summed E-state index contributed by atoms with van der Waals surface area (Å²) < 4.78 is 40.5. The minimum absolute atomic E-state index is 0.0373. The second-order valence-corrected chi connectivity index (χ2v) is 7.34. The van der Waals surface area contributed by atoms with Gasteiger partial charge in [-0.1, -0.05) is 5.16 Å². The highest BCUT2D eigenvalue weighted by Gasteiger charge is 2.31. The highest BCUT2D eigenvalue weighted by molar-refractivity contribution is 5.99. The van der Waals surface area contributed by atoms with Crippen LogP contribution in [0.4, 0.5) is 18.0 Å². The maximum atomic E-state index is 13.1. The number of nitrogens with one attached hydrogen (secondary N) is 1. The third-order valence-electron chi connectivity index (χ3n) is 3.63. The van der Waals surface area contributed by atoms with Crippen molar-refractivity contribution in [1.82, 2.24) is 20.1 Å². The lowest BCUT2D eigenvalue weighted by molar-refractivity contribution is -0.137. The van der Waals surface area contributed by atoms with E-state index in [4.69, 9.17) is 4.84 Å². The van der Waals surface area contributed by atoms with Crippen molar-refractivity contribution < 1.29 is 22.8 Å². The molecule has 10 heteroatoms. The third kappa shape index (κ3) is 5.30. The van der Waals surface area contributed by atoms with Gasteiger partial charge < -0.3 is 5.32 Å². The van der Waals surface area contributed by atoms with E-state index in [1.54, 1.807) is 34.6 Å². The fourth-order valence-corrected chi connectivity index (χ4v) is 2.41. The summed E-state index contributed by atoms with van der Waals surface area (Å²) in [6, 6.07) is 1.90. The molecule has 1 N–H and O–H groups in total. The van der Waals surface area contributed by atoms with Crippen molar-refractivity contribution in [3.05, 3.63) is 40.8 Å². The lowest BCUT2D eigenvalue weighted by Gasteiger charge is -2.18. The van der Waals surface area contributed by atoms with E-state index < -0.39 is 23.4 Å². The molecule has 28 heavy (non-hydrogen) atoms. The van der Waals surface area contributed by atoms with Crippen LogP contribution in [0.1, 0.15) is 50.2 Å². The molecule has 0 radical (unpaired) electrons. The van der Waals surface area contributed by atoms with Gasteiger partial charge in [0.1, 0.15) is 0 Å². The van der Waals surface area contributed by atoms with Crippen molar-refractivity contribution >= 4 is 11.8 Å². The minimum atomic E-state index is -4.49. The number of oxime groups is 1. The van der Waals surface area contributed by atoms with Crippen LogP contribution in [0.15, 0.2) is 23.5 Å². The zero-order valence-corrected chi connectivity index (χ0v) is 16.5. The molecule has 2 rings (SSSR count). The summed E-state index contributed by atoms with van der Waals surface area (Å²) in [4.78, 5) is 20.7. The summed E-state index contributed by atoms with van der Waals surface area (Å²) in [5, 5.41) is 10.5. The van der Waals surface area contributed by atoms with Crippen LogP contribution in [0.2, 0.25) is 0 Å². The first-order valence-electron chi connectivity index (χ1n) is 8.43. The Kier molecular flexibility index (Phi) is 5.81. The van der Waals surface area contributed by atoms with E-state index in [0.29, 0.717) is 17.0 Å². The molecule has 0 bridgehead atoms. The number of nitrogens with zero attached hydrogens (tertiary/aromatic N) is 4. The van der Waals surface area contributed by atoms with Crippen molar-refractivity contribution in [2.45, 2.75) is 53.3 Å². The van der Waals surface area contributed by atoms with Gasteiger partial charge in [0.2, 0.25) is 0 Å². The van der Waals surface area contributed by atoms with Gasteiger partial charge in [-0.2, -0.15) is 18.3 Å². The second kappa shape index (κ2) is 7.61. The predicted octanol–water partition coefficient (Wildman–Crippen LogP) is 4.15. The topological polar surface area (TPSA) is 81.4 Å². The Hall–Kier alpha value is -2.91. The molecule has 152 valence electrons. The van der Waals surface area contributed by atoms with Gasteiger partial charge in [-0.15, -0.1) is 0 Å². The molecule has 0 saturated heterocycles. The summed E-state index contributed by atoms with van der Waals surface area (Å²) in [5.74, 6) is 0.0373. The van der Waals surface area contributed by atoms with Gasteiger partial charge in [0, 0.05) is 16.8 Å². The summed E-state index contributed by atoms with van der Waals surface area (Å²) in [7, 11) is 0. The minimum Gasteiger partial charge on any atom is -0.315 e. The highest BCUT2D eigenvalue weighted by atomic mass is 19.4. The van der Waals surface area contributed by atoms with Crippen LogP contribution in [0, 0.1) is 13.8 Å². The largest absolute Gasteiger partial charge is 0.433 e. The number of alkyl halides is 3. The van der Waals surface area contributed by atoms with E-state index in [0.717, 1.165) is 12.1 Å². The Bertz CT molecular complexity index is 911. The lowest BCUT2D eigenvalue weighted by atomic mass is 10.1. The zero-order valence-electron chi connectivity index (χ0n) is 16.5. The molecule has 0 unspecified atom stereocenters. The SMILES string of the molecule is C/C(=N\OC(=O)NC(C)(C)C)c1cnn(-c2cc(C(F)(F)F)cc(C)n2)c1C. The summed E-state index contributed by atoms with van der Waals surface area (Å²) in [5.41, 5.74) is 0.297. The summed E-state index contributed by atoms with van der Waals surface area (Å²) in [6.07, 6.45) is -3.78. The first kappa shape index (κ1) is 21.4. The molecule has 0 aliphatic carbocycles. The van der Waals surface area contributed by atoms with Gasteiger partial charge in [0.05, 0.1) is 23.2 Å². The number of aromatic nitrogens is 3. The van der Waals surface area contributed by atoms with Gasteiger partial charge in [0.15, 0.2) is 5.82 Å². The standard InChI is InChI=1S/C18H22F3N5O2/c1-10-7-13(18(19,20)21)8-15(23-10)26-12(3)14(9-22-26)11(2)25-28-16(27)24-17(4,5)6/h7-9H,1-6H3,(H,24,27)/b25-11+. The highest BCUT2D eigenvalue weighted by Crippen LogP contribution is 2.30. The van der Waals surface area contributed by atoms with Gasteiger partial charge in [-0.3, -0.25) is 4.84 Å². The summed E-state index contributed by atoms with van der Waals surface area (Å²) in [6.45, 7) is 10.1. The molecule has 0 saturated carbocycles. The zero-order chi connectivity index (χ0) is 21.3. The fourth-order valence-electron chi connectivity index (χ4n) is 2.41. The number of aryl methyl sites for hydroxylation is 1. The number of pyridine rings is 1. The van der Waals surface area contributed by atoms with Crippen LogP contribution in [0.3, 0.4) is 0 Å². The molecule has 0 aliphatic heterocycles. The smallest absolute Gasteiger partial charge is 0.315 e. The van der Waals surface area contributed by atoms with Gasteiger partial charge in [-0.25, -0.2) is 14.5 Å². The maximum Gasteiger partial charge on any atom is 0.433 e. The van der Waals surface area contributed by atoms with Crippen LogP contribution >= 0.6 is 0 Å². The van der Waals surface area contributed by atoms with E-state index in [-0.39, 0.29) is 11.5 Å². The summed E-state index contributed by atoms with van der Waals surface area (Å²) >= 11 is 0. The number of hydrogen-bond donors (Lipinski definition) is 1. The number of hydrogen-bond acceptors (Lipinski definition) is 5. The molecule has 2 aromatic heterocycles. The maximum absolute atomic E-state index is 13.1. The number of amides is 1. The van der Waals surface area contributed by atoms with Crippen molar-refractivity contribution in [3.8, 4) is 5.82 Å². The number of rotatable bonds is 3. The first-order valence-corrected chi connectivity index (χ1v) is 8.43. The van der Waals surface area contributed by atoms with Crippen LogP contribution in [-0.2, 0) is 11.0 Å². The molecular weight excluding hydrogens is 375 g/mol. The molecule has 0 atom stereocenters. The van der Waals surface area contributed by atoms with Crippen molar-refractivity contribution in [2.24, 2.45) is 5.16 Å². The van der Waals surface area contributed by atoms with E-state index in [1.165, 1.54) is 17.8 Å². The number of halogens is 3. The van der Waals surface area contributed by atoms with Crippen LogP contribution in [0.25, 0.3) is 5.82 Å². The van der Waals surface area contributed by atoms with Crippen molar-refractivity contribution in [3.63, 3.8) is 0 Å². The average Bonchev–Trinajstić information content (AvgIpc) is 2.91. The number of carbonyl (C=O) groups is 1. The fraction of sp³-hybridized carbons (Fsp3) is 0.444. The molecule has 2 aromatic rings. The van der Waals surface area contributed by atoms with E-state index in [1.807, 2.05) is 0 Å². The Morgan fingerprint density at radius 1 is 1.21 bits per heavy atom. The van der Waals surface area contributed by atoms with Gasteiger partial charge in [0.25, 0.3) is 0 Å². The van der Waals surface area contributed by atoms with Crippen LogP contribution in [0.5, 0.6) is 0 Å². The molecule has 0 aliphatic rings. The van der Waals surface area contributed by atoms with E-state index >= 15 is 0 Å².